The average molecular weight is 192 g/mol. The highest BCUT2D eigenvalue weighted by Crippen LogP contribution is 2.31. The van der Waals surface area contributed by atoms with Crippen molar-refractivity contribution < 1.29 is 17.9 Å². The van der Waals surface area contributed by atoms with Crippen LogP contribution >= 0.6 is 0 Å². The van der Waals surface area contributed by atoms with Crippen molar-refractivity contribution in [2.45, 2.75) is 18.9 Å². The van der Waals surface area contributed by atoms with Crippen molar-refractivity contribution in [3.05, 3.63) is 0 Å². The lowest BCUT2D eigenvalue weighted by Gasteiger charge is -2.31. The summed E-state index contributed by atoms with van der Waals surface area (Å²) in [6.07, 6.45) is 2.71. The second-order valence-corrected chi connectivity index (χ2v) is 3.81. The lowest BCUT2D eigenvalue weighted by Crippen LogP contribution is -2.37. The van der Waals surface area contributed by atoms with Crippen LogP contribution in [0.1, 0.15) is 12.8 Å². The molecule has 0 radical (unpaired) electrons. The molecule has 0 bridgehead atoms. The fraction of sp³-hybridized carbons (Fsp3) is 0.857. The number of esters is 1. The fourth-order valence-electron chi connectivity index (χ4n) is 1.19. The molecule has 1 aliphatic rings. The van der Waals surface area contributed by atoms with Gasteiger partial charge in [-0.05, 0) is 12.8 Å². The van der Waals surface area contributed by atoms with Gasteiger partial charge in [-0.25, -0.2) is 4.21 Å². The molecule has 0 N–H and O–H groups in total. The molecule has 1 aliphatic carbocycles. The molecule has 0 saturated heterocycles. The average Bonchev–Trinajstić information content (AvgIpc) is 1.94. The zero-order chi connectivity index (χ0) is 9.14. The molecule has 4 nitrogen and oxygen atoms in total. The van der Waals surface area contributed by atoms with Crippen molar-refractivity contribution in [2.75, 3.05) is 13.4 Å². The molecule has 0 aromatic carbocycles. The Morgan fingerprint density at radius 3 is 2.50 bits per heavy atom. The van der Waals surface area contributed by atoms with Gasteiger partial charge in [0.25, 0.3) is 0 Å². The first-order valence-electron chi connectivity index (χ1n) is 3.72. The minimum atomic E-state index is -1.23. The first kappa shape index (κ1) is 9.67. The number of hydrogen-bond acceptors (Lipinski definition) is 4. The molecular formula is C7H12O4S. The van der Waals surface area contributed by atoms with E-state index < -0.39 is 11.1 Å². The number of carbonyl (C=O) groups excluding carboxylic acids is 1. The van der Waals surface area contributed by atoms with E-state index in [9.17, 15) is 9.00 Å². The molecule has 12 heavy (non-hydrogen) atoms. The van der Waals surface area contributed by atoms with E-state index in [1.54, 1.807) is 0 Å². The second-order valence-electron chi connectivity index (χ2n) is 2.81. The van der Waals surface area contributed by atoms with E-state index in [-0.39, 0.29) is 18.0 Å². The van der Waals surface area contributed by atoms with Crippen molar-refractivity contribution in [3.63, 3.8) is 0 Å². The van der Waals surface area contributed by atoms with E-state index >= 15 is 0 Å². The number of carbonyl (C=O) groups is 1. The molecule has 1 saturated carbocycles. The van der Waals surface area contributed by atoms with Crippen LogP contribution in [0.25, 0.3) is 0 Å². The van der Waals surface area contributed by atoms with Crippen LogP contribution in [0.5, 0.6) is 0 Å². The van der Waals surface area contributed by atoms with E-state index in [1.807, 2.05) is 0 Å². The fourth-order valence-corrected chi connectivity index (χ4v) is 1.74. The summed E-state index contributed by atoms with van der Waals surface area (Å²) in [5.74, 6) is -0.250. The van der Waals surface area contributed by atoms with Crippen molar-refractivity contribution in [1.29, 1.82) is 0 Å². The summed E-state index contributed by atoms with van der Waals surface area (Å²) in [7, 11) is 1.37. The van der Waals surface area contributed by atoms with E-state index in [1.165, 1.54) is 13.4 Å². The third kappa shape index (κ3) is 2.28. The van der Waals surface area contributed by atoms with Crippen LogP contribution < -0.4 is 0 Å². The molecule has 5 heteroatoms. The molecule has 0 spiro atoms. The van der Waals surface area contributed by atoms with Gasteiger partial charge in [0.05, 0.1) is 19.1 Å². The standard InChI is InChI=1S/C7H12O4S/c1-10-7(8)5-3-6(4-5)11-12(2)9/h5-6H,3-4H2,1-2H3. The van der Waals surface area contributed by atoms with Crippen LogP contribution in [0.2, 0.25) is 0 Å². The maximum Gasteiger partial charge on any atom is 0.308 e. The maximum atomic E-state index is 10.9. The Labute approximate surface area is 73.9 Å². The van der Waals surface area contributed by atoms with Crippen molar-refractivity contribution in [3.8, 4) is 0 Å². The van der Waals surface area contributed by atoms with E-state index in [0.717, 1.165) is 0 Å². The van der Waals surface area contributed by atoms with Crippen LogP contribution in [-0.4, -0.2) is 29.6 Å². The predicted octanol–water partition coefficient (Wildman–Crippen LogP) is 0.248. The van der Waals surface area contributed by atoms with Crippen molar-refractivity contribution >= 4 is 17.0 Å². The van der Waals surface area contributed by atoms with E-state index in [4.69, 9.17) is 4.18 Å². The first-order chi connectivity index (χ1) is 5.63. The highest BCUT2D eigenvalue weighted by atomic mass is 32.2. The number of rotatable bonds is 3. The Morgan fingerprint density at radius 1 is 1.50 bits per heavy atom. The van der Waals surface area contributed by atoms with Gasteiger partial charge in [-0.1, -0.05) is 0 Å². The molecule has 0 amide bonds. The molecular weight excluding hydrogens is 180 g/mol. The summed E-state index contributed by atoms with van der Waals surface area (Å²) < 4.78 is 20.1. The Morgan fingerprint density at radius 2 is 2.08 bits per heavy atom. The normalized spacial score (nSPS) is 30.5. The number of hydrogen-bond donors (Lipinski definition) is 0. The molecule has 1 fully saturated rings. The quantitative estimate of drug-likeness (QED) is 0.601. The molecule has 0 aromatic heterocycles. The third-order valence-electron chi connectivity index (χ3n) is 1.90. The summed E-state index contributed by atoms with van der Waals surface area (Å²) in [5.41, 5.74) is 0. The minimum Gasteiger partial charge on any atom is -0.469 e. The summed E-state index contributed by atoms with van der Waals surface area (Å²) in [4.78, 5) is 10.9. The van der Waals surface area contributed by atoms with Gasteiger partial charge in [-0.15, -0.1) is 0 Å². The van der Waals surface area contributed by atoms with Crippen LogP contribution in [0.3, 0.4) is 0 Å². The summed E-state index contributed by atoms with van der Waals surface area (Å²) in [5, 5.41) is 0. The van der Waals surface area contributed by atoms with Gasteiger partial charge in [-0.3, -0.25) is 8.98 Å². The molecule has 0 aromatic rings. The molecule has 0 aliphatic heterocycles. The monoisotopic (exact) mass is 192 g/mol. The molecule has 70 valence electrons. The Kier molecular flexibility index (Phi) is 3.22. The highest BCUT2D eigenvalue weighted by Gasteiger charge is 2.36. The lowest BCUT2D eigenvalue weighted by atomic mass is 9.83. The Balaban J connectivity index is 2.20. The third-order valence-corrected chi connectivity index (χ3v) is 2.44. The van der Waals surface area contributed by atoms with E-state index in [0.29, 0.717) is 12.8 Å². The Bertz CT molecular complexity index is 198. The molecule has 0 heterocycles. The van der Waals surface area contributed by atoms with Gasteiger partial charge in [-0.2, -0.15) is 0 Å². The maximum absolute atomic E-state index is 10.9. The van der Waals surface area contributed by atoms with Crippen LogP contribution in [-0.2, 0) is 24.8 Å². The summed E-state index contributed by atoms with van der Waals surface area (Å²) in [6.45, 7) is 0. The van der Waals surface area contributed by atoms with Crippen LogP contribution in [0, 0.1) is 5.92 Å². The van der Waals surface area contributed by atoms with Gasteiger partial charge in [0, 0.05) is 6.26 Å². The minimum absolute atomic E-state index is 0.0278. The van der Waals surface area contributed by atoms with Gasteiger partial charge in [0.15, 0.2) is 11.1 Å². The second kappa shape index (κ2) is 4.00. The number of methoxy groups -OCH3 is 1. The SMILES string of the molecule is COC(=O)C1CC(OS(C)=O)C1. The van der Waals surface area contributed by atoms with Crippen molar-refractivity contribution in [1.82, 2.24) is 0 Å². The van der Waals surface area contributed by atoms with Crippen LogP contribution in [0.15, 0.2) is 0 Å². The Hall–Kier alpha value is -0.420. The van der Waals surface area contributed by atoms with Crippen molar-refractivity contribution in [2.24, 2.45) is 5.92 Å². The molecule has 1 atom stereocenters. The largest absolute Gasteiger partial charge is 0.469 e. The molecule has 1 rings (SSSR count). The zero-order valence-corrected chi connectivity index (χ0v) is 7.93. The lowest BCUT2D eigenvalue weighted by molar-refractivity contribution is -0.151. The topological polar surface area (TPSA) is 52.6 Å². The zero-order valence-electron chi connectivity index (χ0n) is 7.11. The first-order valence-corrected chi connectivity index (χ1v) is 5.20. The number of ether oxygens (including phenoxy) is 1. The highest BCUT2D eigenvalue weighted by molar-refractivity contribution is 7.79. The summed E-state index contributed by atoms with van der Waals surface area (Å²) >= 11 is -1.23. The summed E-state index contributed by atoms with van der Waals surface area (Å²) in [6, 6.07) is 0. The van der Waals surface area contributed by atoms with Crippen LogP contribution in [0.4, 0.5) is 0 Å². The smallest absolute Gasteiger partial charge is 0.308 e. The predicted molar refractivity (Wildman–Crippen MR) is 43.7 cm³/mol. The molecule has 1 unspecified atom stereocenters. The van der Waals surface area contributed by atoms with Gasteiger partial charge >= 0.3 is 5.97 Å². The van der Waals surface area contributed by atoms with Gasteiger partial charge in [0.2, 0.25) is 0 Å². The van der Waals surface area contributed by atoms with E-state index in [2.05, 4.69) is 4.74 Å². The van der Waals surface area contributed by atoms with Gasteiger partial charge < -0.3 is 4.74 Å². The van der Waals surface area contributed by atoms with Gasteiger partial charge in [0.1, 0.15) is 0 Å².